The van der Waals surface area contributed by atoms with E-state index in [1.54, 1.807) is 18.2 Å². The fourth-order valence-electron chi connectivity index (χ4n) is 2.61. The number of nitrogens with one attached hydrogen (secondary N) is 1. The van der Waals surface area contributed by atoms with Gasteiger partial charge in [0.1, 0.15) is 6.04 Å². The normalized spacial score (nSPS) is 20.6. The second-order valence-electron chi connectivity index (χ2n) is 4.70. The van der Waals surface area contributed by atoms with Gasteiger partial charge in [-0.15, -0.1) is 0 Å². The molecule has 1 aromatic rings. The summed E-state index contributed by atoms with van der Waals surface area (Å²) in [6.45, 7) is 4.58. The molecule has 3 rings (SSSR count). The minimum atomic E-state index is -0.722. The van der Waals surface area contributed by atoms with Crippen LogP contribution in [0.2, 0.25) is 0 Å². The maximum Gasteiger partial charge on any atom is 0.264 e. The van der Waals surface area contributed by atoms with Crippen molar-refractivity contribution in [2.45, 2.75) is 32.7 Å². The van der Waals surface area contributed by atoms with Gasteiger partial charge in [0.05, 0.1) is 11.1 Å². The van der Waals surface area contributed by atoms with E-state index in [1.165, 1.54) is 0 Å². The molecule has 1 fully saturated rings. The third-order valence-electron chi connectivity index (χ3n) is 3.55. The van der Waals surface area contributed by atoms with Gasteiger partial charge < -0.3 is 11.1 Å². The van der Waals surface area contributed by atoms with Crippen LogP contribution in [0, 0.1) is 0 Å². The minimum Gasteiger partial charge on any atom is -0.398 e. The smallest absolute Gasteiger partial charge is 0.264 e. The summed E-state index contributed by atoms with van der Waals surface area (Å²) in [6.07, 6.45) is 1.25. The first-order chi connectivity index (χ1) is 10.1. The summed E-state index contributed by atoms with van der Waals surface area (Å²) in [7, 11) is 0. The summed E-state index contributed by atoms with van der Waals surface area (Å²) in [6, 6.07) is 4.05. The van der Waals surface area contributed by atoms with Gasteiger partial charge in [-0.25, -0.2) is 0 Å². The quantitative estimate of drug-likeness (QED) is 0.599. The van der Waals surface area contributed by atoms with E-state index >= 15 is 0 Å². The van der Waals surface area contributed by atoms with Gasteiger partial charge in [0.25, 0.3) is 11.8 Å². The second-order valence-corrected chi connectivity index (χ2v) is 4.70. The maximum absolute atomic E-state index is 12.3. The van der Waals surface area contributed by atoms with Crippen LogP contribution in [-0.2, 0) is 4.79 Å². The summed E-state index contributed by atoms with van der Waals surface area (Å²) >= 11 is 0. The molecule has 0 aromatic heterocycles. The fourth-order valence-corrected chi connectivity index (χ4v) is 2.61. The Labute approximate surface area is 123 Å². The molecule has 1 saturated heterocycles. The van der Waals surface area contributed by atoms with E-state index < -0.39 is 17.9 Å². The standard InChI is InChI=1S/C13H13N3O3.C2H6/c14-8-4-1-3-7-10(8)13(19)16(12(7)18)9-5-2-6-15-11(9)17;1-2/h1,3-4,9H,2,5-6,14H2,(H,15,17);1-2H3/t9-;/m0./s1. The van der Waals surface area contributed by atoms with Gasteiger partial charge in [-0.2, -0.15) is 0 Å². The summed E-state index contributed by atoms with van der Waals surface area (Å²) in [5.41, 5.74) is 6.52. The Morgan fingerprint density at radius 3 is 2.52 bits per heavy atom. The van der Waals surface area contributed by atoms with Crippen LogP contribution in [0.5, 0.6) is 0 Å². The third kappa shape index (κ3) is 2.37. The van der Waals surface area contributed by atoms with Gasteiger partial charge in [0.2, 0.25) is 5.91 Å². The maximum atomic E-state index is 12.3. The molecular formula is C15H19N3O3. The number of anilines is 1. The Hall–Kier alpha value is -2.37. The van der Waals surface area contributed by atoms with Crippen molar-refractivity contribution in [3.8, 4) is 0 Å². The predicted molar refractivity (Wildman–Crippen MR) is 78.7 cm³/mol. The van der Waals surface area contributed by atoms with Gasteiger partial charge in [0.15, 0.2) is 0 Å². The molecule has 112 valence electrons. The Bertz CT molecular complexity index is 598. The SMILES string of the molecule is CC.Nc1cccc2c1C(=O)N([C@H]1CCCNC1=O)C2=O. The first-order valence-corrected chi connectivity index (χ1v) is 7.15. The molecule has 6 heteroatoms. The molecule has 0 spiro atoms. The molecule has 0 radical (unpaired) electrons. The number of carbonyl (C=O) groups excluding carboxylic acids is 3. The number of nitrogens with two attached hydrogens (primary N) is 1. The second kappa shape index (κ2) is 5.95. The summed E-state index contributed by atoms with van der Waals surface area (Å²) < 4.78 is 0. The van der Waals surface area contributed by atoms with Crippen LogP contribution in [0.25, 0.3) is 0 Å². The lowest BCUT2D eigenvalue weighted by molar-refractivity contribution is -0.126. The molecule has 0 unspecified atom stereocenters. The highest BCUT2D eigenvalue weighted by molar-refractivity contribution is 6.24. The zero-order valence-electron chi connectivity index (χ0n) is 12.2. The van der Waals surface area contributed by atoms with Crippen molar-refractivity contribution in [1.82, 2.24) is 10.2 Å². The average Bonchev–Trinajstić information content (AvgIpc) is 2.75. The van der Waals surface area contributed by atoms with Crippen molar-refractivity contribution in [3.63, 3.8) is 0 Å². The largest absolute Gasteiger partial charge is 0.398 e. The number of fused-ring (bicyclic) bond motifs is 1. The van der Waals surface area contributed by atoms with Crippen LogP contribution in [0.3, 0.4) is 0 Å². The molecule has 2 aliphatic rings. The van der Waals surface area contributed by atoms with E-state index in [2.05, 4.69) is 5.32 Å². The number of imide groups is 1. The highest BCUT2D eigenvalue weighted by atomic mass is 16.2. The van der Waals surface area contributed by atoms with E-state index in [1.807, 2.05) is 13.8 Å². The van der Waals surface area contributed by atoms with Crippen molar-refractivity contribution in [1.29, 1.82) is 0 Å². The summed E-state index contributed by atoms with van der Waals surface area (Å²) in [5, 5.41) is 2.68. The summed E-state index contributed by atoms with van der Waals surface area (Å²) in [5.74, 6) is -1.19. The molecule has 21 heavy (non-hydrogen) atoms. The number of piperidine rings is 1. The summed E-state index contributed by atoms with van der Waals surface area (Å²) in [4.78, 5) is 37.4. The molecular weight excluding hydrogens is 270 g/mol. The van der Waals surface area contributed by atoms with E-state index in [4.69, 9.17) is 5.73 Å². The lowest BCUT2D eigenvalue weighted by Crippen LogP contribution is -2.52. The number of amides is 3. The number of rotatable bonds is 1. The molecule has 2 aliphatic heterocycles. The van der Waals surface area contributed by atoms with Crippen LogP contribution in [0.15, 0.2) is 18.2 Å². The average molecular weight is 289 g/mol. The van der Waals surface area contributed by atoms with E-state index in [9.17, 15) is 14.4 Å². The first kappa shape index (κ1) is 15.0. The number of benzene rings is 1. The third-order valence-corrected chi connectivity index (χ3v) is 3.55. The lowest BCUT2D eigenvalue weighted by atomic mass is 10.1. The van der Waals surface area contributed by atoms with E-state index in [0.717, 1.165) is 11.3 Å². The minimum absolute atomic E-state index is 0.214. The molecule has 0 saturated carbocycles. The number of nitrogen functional groups attached to an aromatic ring is 1. The molecule has 1 atom stereocenters. The van der Waals surface area contributed by atoms with Gasteiger partial charge in [0, 0.05) is 12.2 Å². The van der Waals surface area contributed by atoms with Crippen molar-refractivity contribution >= 4 is 23.4 Å². The van der Waals surface area contributed by atoms with Crippen LogP contribution in [-0.4, -0.2) is 35.2 Å². The lowest BCUT2D eigenvalue weighted by Gasteiger charge is -2.28. The molecule has 3 N–H and O–H groups in total. The molecule has 0 bridgehead atoms. The van der Waals surface area contributed by atoms with Crippen molar-refractivity contribution in [3.05, 3.63) is 29.3 Å². The Balaban J connectivity index is 0.000000774. The van der Waals surface area contributed by atoms with Gasteiger partial charge in [-0.05, 0) is 25.0 Å². The topological polar surface area (TPSA) is 92.5 Å². The Morgan fingerprint density at radius 1 is 1.19 bits per heavy atom. The zero-order valence-corrected chi connectivity index (χ0v) is 12.2. The molecule has 6 nitrogen and oxygen atoms in total. The monoisotopic (exact) mass is 289 g/mol. The number of carbonyl (C=O) groups is 3. The number of hydrogen-bond donors (Lipinski definition) is 2. The van der Waals surface area contributed by atoms with Crippen LogP contribution >= 0.6 is 0 Å². The van der Waals surface area contributed by atoms with Crippen LogP contribution < -0.4 is 11.1 Å². The van der Waals surface area contributed by atoms with Gasteiger partial charge in [-0.1, -0.05) is 19.9 Å². The molecule has 2 heterocycles. The van der Waals surface area contributed by atoms with E-state index in [-0.39, 0.29) is 22.7 Å². The molecule has 0 aliphatic carbocycles. The number of nitrogens with zero attached hydrogens (tertiary/aromatic N) is 1. The Kier molecular flexibility index (Phi) is 4.26. The van der Waals surface area contributed by atoms with Crippen molar-refractivity contribution < 1.29 is 14.4 Å². The van der Waals surface area contributed by atoms with Crippen LogP contribution in [0.4, 0.5) is 5.69 Å². The number of hydrogen-bond acceptors (Lipinski definition) is 4. The fraction of sp³-hybridized carbons (Fsp3) is 0.400. The van der Waals surface area contributed by atoms with E-state index in [0.29, 0.717) is 13.0 Å². The predicted octanol–water partition coefficient (Wildman–Crippen LogP) is 1.17. The zero-order chi connectivity index (χ0) is 15.6. The van der Waals surface area contributed by atoms with Crippen molar-refractivity contribution in [2.24, 2.45) is 0 Å². The Morgan fingerprint density at radius 2 is 1.90 bits per heavy atom. The van der Waals surface area contributed by atoms with Gasteiger partial charge >= 0.3 is 0 Å². The molecule has 3 amide bonds. The molecule has 1 aromatic carbocycles. The van der Waals surface area contributed by atoms with Gasteiger partial charge in [-0.3, -0.25) is 19.3 Å². The highest BCUT2D eigenvalue weighted by Gasteiger charge is 2.44. The van der Waals surface area contributed by atoms with Crippen molar-refractivity contribution in [2.75, 3.05) is 12.3 Å². The van der Waals surface area contributed by atoms with Crippen LogP contribution in [0.1, 0.15) is 47.4 Å². The first-order valence-electron chi connectivity index (χ1n) is 7.15. The highest BCUT2D eigenvalue weighted by Crippen LogP contribution is 2.30.